The van der Waals surface area contributed by atoms with E-state index in [4.69, 9.17) is 9.47 Å². The predicted octanol–water partition coefficient (Wildman–Crippen LogP) is 3.15. The number of ether oxygens (including phenoxy) is 2. The zero-order chi connectivity index (χ0) is 18.9. The number of anilines is 1. The van der Waals surface area contributed by atoms with Crippen LogP contribution < -0.4 is 20.1 Å². The summed E-state index contributed by atoms with van der Waals surface area (Å²) in [7, 11) is 1.52. The molecule has 0 spiro atoms. The molecule has 136 valence electrons. The first kappa shape index (κ1) is 19.1. The van der Waals surface area contributed by atoms with Crippen molar-refractivity contribution in [2.24, 2.45) is 0 Å². The largest absolute Gasteiger partial charge is 0.493 e. The van der Waals surface area contributed by atoms with Crippen molar-refractivity contribution in [3.63, 3.8) is 0 Å². The molecule has 0 aliphatic heterocycles. The highest BCUT2D eigenvalue weighted by atomic mass is 16.5. The second kappa shape index (κ2) is 9.27. The van der Waals surface area contributed by atoms with Crippen LogP contribution in [0.25, 0.3) is 0 Å². The number of amides is 2. The van der Waals surface area contributed by atoms with Gasteiger partial charge in [-0.05, 0) is 35.9 Å². The Hall–Kier alpha value is -3.28. The van der Waals surface area contributed by atoms with Gasteiger partial charge in [-0.3, -0.25) is 9.59 Å². The molecule has 2 rings (SSSR count). The van der Waals surface area contributed by atoms with Gasteiger partial charge in [-0.25, -0.2) is 0 Å². The van der Waals surface area contributed by atoms with Crippen LogP contribution in [0.4, 0.5) is 5.69 Å². The number of nitrogens with one attached hydrogen (secondary N) is 2. The molecule has 0 saturated heterocycles. The lowest BCUT2D eigenvalue weighted by atomic mass is 10.1. The highest BCUT2D eigenvalue weighted by Gasteiger charge is 2.11. The van der Waals surface area contributed by atoms with Gasteiger partial charge >= 0.3 is 0 Å². The van der Waals surface area contributed by atoms with Gasteiger partial charge in [0.25, 0.3) is 5.91 Å². The van der Waals surface area contributed by atoms with E-state index in [0.29, 0.717) is 35.9 Å². The molecule has 0 aromatic heterocycles. The van der Waals surface area contributed by atoms with Crippen molar-refractivity contribution in [3.8, 4) is 11.5 Å². The molecule has 2 amide bonds. The fourth-order valence-corrected chi connectivity index (χ4v) is 2.32. The van der Waals surface area contributed by atoms with Crippen LogP contribution in [0, 0.1) is 0 Å². The minimum atomic E-state index is -0.233. The minimum Gasteiger partial charge on any atom is -0.493 e. The molecule has 0 aliphatic rings. The van der Waals surface area contributed by atoms with E-state index in [9.17, 15) is 9.59 Å². The first-order valence-electron chi connectivity index (χ1n) is 8.10. The van der Waals surface area contributed by atoms with E-state index in [1.165, 1.54) is 14.0 Å². The van der Waals surface area contributed by atoms with Gasteiger partial charge in [0.1, 0.15) is 6.61 Å². The average Bonchev–Trinajstić information content (AvgIpc) is 2.64. The monoisotopic (exact) mass is 354 g/mol. The fourth-order valence-electron chi connectivity index (χ4n) is 2.32. The molecule has 0 atom stereocenters. The molecular weight excluding hydrogens is 332 g/mol. The maximum absolute atomic E-state index is 12.4. The van der Waals surface area contributed by atoms with Crippen LogP contribution in [-0.4, -0.2) is 25.5 Å². The summed E-state index contributed by atoms with van der Waals surface area (Å²) in [5, 5.41) is 5.56. The van der Waals surface area contributed by atoms with Gasteiger partial charge in [-0.1, -0.05) is 24.8 Å². The number of hydrogen-bond donors (Lipinski definition) is 2. The number of methoxy groups -OCH3 is 1. The van der Waals surface area contributed by atoms with Crippen LogP contribution in [0.5, 0.6) is 11.5 Å². The Bertz CT molecular complexity index is 802. The van der Waals surface area contributed by atoms with Gasteiger partial charge in [0.2, 0.25) is 5.91 Å². The maximum atomic E-state index is 12.4. The highest BCUT2D eigenvalue weighted by Crippen LogP contribution is 2.28. The lowest BCUT2D eigenvalue weighted by Gasteiger charge is -2.12. The lowest BCUT2D eigenvalue weighted by molar-refractivity contribution is -0.114. The van der Waals surface area contributed by atoms with Crippen LogP contribution in [0.15, 0.2) is 55.1 Å². The minimum absolute atomic E-state index is 0.142. The smallest absolute Gasteiger partial charge is 0.251 e. The van der Waals surface area contributed by atoms with E-state index < -0.39 is 0 Å². The van der Waals surface area contributed by atoms with E-state index in [-0.39, 0.29) is 11.8 Å². The van der Waals surface area contributed by atoms with Crippen LogP contribution >= 0.6 is 0 Å². The van der Waals surface area contributed by atoms with Crippen molar-refractivity contribution in [1.29, 1.82) is 0 Å². The molecule has 0 saturated carbocycles. The van der Waals surface area contributed by atoms with Crippen LogP contribution in [0.1, 0.15) is 22.8 Å². The van der Waals surface area contributed by atoms with Gasteiger partial charge in [0.05, 0.1) is 7.11 Å². The van der Waals surface area contributed by atoms with Gasteiger partial charge in [0.15, 0.2) is 11.5 Å². The van der Waals surface area contributed by atoms with E-state index in [1.54, 1.807) is 30.3 Å². The van der Waals surface area contributed by atoms with Crippen molar-refractivity contribution in [3.05, 3.63) is 66.2 Å². The van der Waals surface area contributed by atoms with E-state index >= 15 is 0 Å². The fraction of sp³-hybridized carbons (Fsp3) is 0.200. The van der Waals surface area contributed by atoms with E-state index in [1.807, 2.05) is 18.2 Å². The molecule has 6 heteroatoms. The normalized spacial score (nSPS) is 9.92. The van der Waals surface area contributed by atoms with Crippen LogP contribution in [0.3, 0.4) is 0 Å². The predicted molar refractivity (Wildman–Crippen MR) is 101 cm³/mol. The zero-order valence-corrected chi connectivity index (χ0v) is 14.9. The molecule has 2 aromatic carbocycles. The second-order valence-electron chi connectivity index (χ2n) is 5.53. The maximum Gasteiger partial charge on any atom is 0.251 e. The molecule has 2 N–H and O–H groups in total. The molecule has 0 radical (unpaired) electrons. The van der Waals surface area contributed by atoms with Gasteiger partial charge < -0.3 is 20.1 Å². The third kappa shape index (κ3) is 5.37. The van der Waals surface area contributed by atoms with Gasteiger partial charge in [-0.15, -0.1) is 0 Å². The Labute approximate surface area is 152 Å². The van der Waals surface area contributed by atoms with Gasteiger partial charge in [-0.2, -0.15) is 0 Å². The Morgan fingerprint density at radius 2 is 1.96 bits per heavy atom. The number of carbonyl (C=O) groups excluding carboxylic acids is 2. The topological polar surface area (TPSA) is 76.7 Å². The molecule has 0 heterocycles. The number of benzene rings is 2. The third-order valence-corrected chi connectivity index (χ3v) is 3.48. The molecule has 0 aliphatic carbocycles. The van der Waals surface area contributed by atoms with Crippen molar-refractivity contribution in [1.82, 2.24) is 5.32 Å². The van der Waals surface area contributed by atoms with Crippen molar-refractivity contribution in [2.45, 2.75) is 13.5 Å². The summed E-state index contributed by atoms with van der Waals surface area (Å²) in [5.74, 6) is 0.652. The summed E-state index contributed by atoms with van der Waals surface area (Å²) in [4.78, 5) is 23.5. The van der Waals surface area contributed by atoms with Crippen molar-refractivity contribution >= 4 is 17.5 Å². The molecule has 2 aromatic rings. The summed E-state index contributed by atoms with van der Waals surface area (Å²) in [6.45, 7) is 5.74. The Kier molecular flexibility index (Phi) is 6.79. The third-order valence-electron chi connectivity index (χ3n) is 3.48. The molecule has 26 heavy (non-hydrogen) atoms. The number of rotatable bonds is 8. The number of carbonyl (C=O) groups is 2. The standard InChI is InChI=1S/C20H22N2O4/c1-4-10-26-18-9-8-16(12-19(18)25-3)20(24)21-13-15-6-5-7-17(11-15)22-14(2)23/h4-9,11-12H,1,10,13H2,2-3H3,(H,21,24)(H,22,23). The highest BCUT2D eigenvalue weighted by molar-refractivity contribution is 5.95. The molecule has 0 unspecified atom stereocenters. The van der Waals surface area contributed by atoms with Gasteiger partial charge in [0, 0.05) is 24.7 Å². The van der Waals surface area contributed by atoms with Crippen LogP contribution in [0.2, 0.25) is 0 Å². The summed E-state index contributed by atoms with van der Waals surface area (Å²) >= 11 is 0. The Balaban J connectivity index is 2.03. The molecule has 0 bridgehead atoms. The second-order valence-corrected chi connectivity index (χ2v) is 5.53. The van der Waals surface area contributed by atoms with E-state index in [2.05, 4.69) is 17.2 Å². The number of hydrogen-bond acceptors (Lipinski definition) is 4. The van der Waals surface area contributed by atoms with Crippen LogP contribution in [-0.2, 0) is 11.3 Å². The van der Waals surface area contributed by atoms with E-state index in [0.717, 1.165) is 5.56 Å². The Morgan fingerprint density at radius 3 is 2.65 bits per heavy atom. The summed E-state index contributed by atoms with van der Waals surface area (Å²) in [6, 6.07) is 12.3. The molecule has 0 fully saturated rings. The summed E-state index contributed by atoms with van der Waals surface area (Å²) in [6.07, 6.45) is 1.63. The summed E-state index contributed by atoms with van der Waals surface area (Å²) in [5.41, 5.74) is 2.03. The summed E-state index contributed by atoms with van der Waals surface area (Å²) < 4.78 is 10.7. The Morgan fingerprint density at radius 1 is 1.15 bits per heavy atom. The van der Waals surface area contributed by atoms with Crippen molar-refractivity contribution < 1.29 is 19.1 Å². The van der Waals surface area contributed by atoms with Crippen molar-refractivity contribution in [2.75, 3.05) is 19.0 Å². The average molecular weight is 354 g/mol. The first-order valence-corrected chi connectivity index (χ1v) is 8.10. The SMILES string of the molecule is C=CCOc1ccc(C(=O)NCc2cccc(NC(C)=O)c2)cc1OC. The zero-order valence-electron chi connectivity index (χ0n) is 14.9. The molecule has 6 nitrogen and oxygen atoms in total. The molecular formula is C20H22N2O4. The lowest BCUT2D eigenvalue weighted by Crippen LogP contribution is -2.23. The quantitative estimate of drug-likeness (QED) is 0.714. The first-order chi connectivity index (χ1) is 12.5.